The standard InChI is InChI=1S/C24H18ClN5O2/c25-18-9-3-1-7-16(18)20-12-21(28-27-20)24(32)30-22(17-8-2-4-10-23(17)31)13-19(29-30)15-6-5-11-26-14-15/h1-12,14,22,31H,13H2,(H,27,28). The molecule has 32 heavy (non-hydrogen) atoms. The lowest BCUT2D eigenvalue weighted by Crippen LogP contribution is -2.27. The predicted molar refractivity (Wildman–Crippen MR) is 121 cm³/mol. The number of hydrogen-bond donors (Lipinski definition) is 2. The van der Waals surface area contributed by atoms with Crippen LogP contribution in [0.4, 0.5) is 0 Å². The highest BCUT2D eigenvalue weighted by Crippen LogP contribution is 2.38. The molecule has 0 bridgehead atoms. The number of pyridine rings is 1. The van der Waals surface area contributed by atoms with Gasteiger partial charge in [0, 0.05) is 35.5 Å². The summed E-state index contributed by atoms with van der Waals surface area (Å²) in [6.07, 6.45) is 3.84. The fourth-order valence-corrected chi connectivity index (χ4v) is 4.01. The van der Waals surface area contributed by atoms with E-state index in [-0.39, 0.29) is 17.4 Å². The van der Waals surface area contributed by atoms with Crippen LogP contribution in [0.3, 0.4) is 0 Å². The molecule has 158 valence electrons. The van der Waals surface area contributed by atoms with Crippen molar-refractivity contribution in [2.75, 3.05) is 0 Å². The summed E-state index contributed by atoms with van der Waals surface area (Å²) in [7, 11) is 0. The zero-order valence-electron chi connectivity index (χ0n) is 16.8. The SMILES string of the molecule is O=C(c1cc(-c2ccccc2Cl)n[nH]1)N1N=C(c2cccnc2)CC1c1ccccc1O. The van der Waals surface area contributed by atoms with Gasteiger partial charge in [0.15, 0.2) is 0 Å². The zero-order valence-corrected chi connectivity index (χ0v) is 17.6. The van der Waals surface area contributed by atoms with Gasteiger partial charge in [0.05, 0.1) is 22.5 Å². The van der Waals surface area contributed by atoms with Gasteiger partial charge in [0.1, 0.15) is 11.4 Å². The summed E-state index contributed by atoms with van der Waals surface area (Å²) in [6.45, 7) is 0. The van der Waals surface area contributed by atoms with Crippen LogP contribution in [0.5, 0.6) is 5.75 Å². The van der Waals surface area contributed by atoms with Crippen LogP contribution in [-0.2, 0) is 0 Å². The Kier molecular flexibility index (Phi) is 5.17. The minimum Gasteiger partial charge on any atom is -0.508 e. The van der Waals surface area contributed by atoms with Crippen molar-refractivity contribution in [1.29, 1.82) is 0 Å². The Hall–Kier alpha value is -3.97. The minimum atomic E-state index is -0.467. The highest BCUT2D eigenvalue weighted by atomic mass is 35.5. The number of H-pyrrole nitrogens is 1. The van der Waals surface area contributed by atoms with E-state index in [9.17, 15) is 9.90 Å². The molecule has 0 radical (unpaired) electrons. The number of rotatable bonds is 4. The fourth-order valence-electron chi connectivity index (χ4n) is 3.78. The Morgan fingerprint density at radius 1 is 1.09 bits per heavy atom. The van der Waals surface area contributed by atoms with E-state index in [2.05, 4.69) is 20.3 Å². The summed E-state index contributed by atoms with van der Waals surface area (Å²) in [5.74, 6) is -0.248. The predicted octanol–water partition coefficient (Wildman–Crippen LogP) is 4.82. The number of amides is 1. The second kappa shape index (κ2) is 8.28. The molecule has 2 aromatic carbocycles. The highest BCUT2D eigenvalue weighted by Gasteiger charge is 2.35. The number of para-hydroxylation sites is 1. The van der Waals surface area contributed by atoms with Gasteiger partial charge in [-0.2, -0.15) is 10.2 Å². The van der Waals surface area contributed by atoms with E-state index in [0.29, 0.717) is 28.4 Å². The molecule has 0 saturated carbocycles. The minimum absolute atomic E-state index is 0.110. The number of hydrogen-bond acceptors (Lipinski definition) is 5. The third kappa shape index (κ3) is 3.63. The fraction of sp³-hybridized carbons (Fsp3) is 0.0833. The maximum atomic E-state index is 13.5. The molecule has 2 aromatic heterocycles. The van der Waals surface area contributed by atoms with Crippen LogP contribution in [0.1, 0.15) is 34.1 Å². The summed E-state index contributed by atoms with van der Waals surface area (Å²) in [4.78, 5) is 17.6. The molecule has 0 saturated heterocycles. The number of aromatic amines is 1. The van der Waals surface area contributed by atoms with E-state index < -0.39 is 6.04 Å². The van der Waals surface area contributed by atoms with Crippen LogP contribution in [0.2, 0.25) is 5.02 Å². The topological polar surface area (TPSA) is 94.5 Å². The Bertz CT molecular complexity index is 1320. The first-order valence-electron chi connectivity index (χ1n) is 10.0. The number of phenolic OH excluding ortho intramolecular Hbond substituents is 1. The molecular formula is C24H18ClN5O2. The van der Waals surface area contributed by atoms with Crippen molar-refractivity contribution in [3.8, 4) is 17.0 Å². The second-order valence-electron chi connectivity index (χ2n) is 7.36. The first kappa shape index (κ1) is 20.0. The van der Waals surface area contributed by atoms with E-state index in [1.54, 1.807) is 42.7 Å². The normalized spacial score (nSPS) is 15.6. The van der Waals surface area contributed by atoms with Gasteiger partial charge in [-0.25, -0.2) is 5.01 Å². The van der Waals surface area contributed by atoms with Crippen LogP contribution in [0.25, 0.3) is 11.3 Å². The molecule has 1 aliphatic heterocycles. The largest absolute Gasteiger partial charge is 0.508 e. The number of benzene rings is 2. The molecule has 4 aromatic rings. The summed E-state index contributed by atoms with van der Waals surface area (Å²) < 4.78 is 0. The van der Waals surface area contributed by atoms with Crippen molar-refractivity contribution in [3.63, 3.8) is 0 Å². The number of phenols is 1. The van der Waals surface area contributed by atoms with Crippen LogP contribution in [-0.4, -0.2) is 36.9 Å². The van der Waals surface area contributed by atoms with E-state index in [4.69, 9.17) is 11.6 Å². The second-order valence-corrected chi connectivity index (χ2v) is 7.77. The van der Waals surface area contributed by atoms with Crippen molar-refractivity contribution in [3.05, 3.63) is 101 Å². The average molecular weight is 444 g/mol. The van der Waals surface area contributed by atoms with Gasteiger partial charge in [0.2, 0.25) is 0 Å². The molecule has 1 unspecified atom stereocenters. The molecule has 8 heteroatoms. The van der Waals surface area contributed by atoms with Gasteiger partial charge >= 0.3 is 0 Å². The molecule has 1 amide bonds. The van der Waals surface area contributed by atoms with Crippen LogP contribution < -0.4 is 0 Å². The van der Waals surface area contributed by atoms with Crippen LogP contribution >= 0.6 is 11.6 Å². The lowest BCUT2D eigenvalue weighted by Gasteiger charge is -2.22. The monoisotopic (exact) mass is 443 g/mol. The van der Waals surface area contributed by atoms with Crippen LogP contribution in [0.15, 0.2) is 84.2 Å². The third-order valence-corrected chi connectivity index (χ3v) is 5.70. The van der Waals surface area contributed by atoms with E-state index in [1.165, 1.54) is 5.01 Å². The first-order chi connectivity index (χ1) is 15.6. The van der Waals surface area contributed by atoms with E-state index in [1.807, 2.05) is 36.4 Å². The quantitative estimate of drug-likeness (QED) is 0.472. The van der Waals surface area contributed by atoms with Gasteiger partial charge in [-0.1, -0.05) is 54.1 Å². The summed E-state index contributed by atoms with van der Waals surface area (Å²) in [5.41, 5.74) is 3.72. The third-order valence-electron chi connectivity index (χ3n) is 5.37. The summed E-state index contributed by atoms with van der Waals surface area (Å²) >= 11 is 6.28. The summed E-state index contributed by atoms with van der Waals surface area (Å²) in [5, 5.41) is 24.1. The number of aromatic nitrogens is 3. The Morgan fingerprint density at radius 3 is 2.69 bits per heavy atom. The van der Waals surface area contributed by atoms with Crippen molar-refractivity contribution in [2.45, 2.75) is 12.5 Å². The number of aromatic hydroxyl groups is 1. The zero-order chi connectivity index (χ0) is 22.1. The van der Waals surface area contributed by atoms with E-state index >= 15 is 0 Å². The number of halogens is 1. The maximum absolute atomic E-state index is 13.5. The molecular weight excluding hydrogens is 426 g/mol. The number of nitrogens with zero attached hydrogens (tertiary/aromatic N) is 4. The van der Waals surface area contributed by atoms with Gasteiger partial charge in [-0.15, -0.1) is 0 Å². The Morgan fingerprint density at radius 2 is 1.91 bits per heavy atom. The molecule has 7 nitrogen and oxygen atoms in total. The van der Waals surface area contributed by atoms with Gasteiger partial charge in [-0.3, -0.25) is 14.9 Å². The lowest BCUT2D eigenvalue weighted by atomic mass is 9.98. The van der Waals surface area contributed by atoms with Crippen molar-refractivity contribution in [1.82, 2.24) is 20.2 Å². The lowest BCUT2D eigenvalue weighted by molar-refractivity contribution is 0.0703. The smallest absolute Gasteiger partial charge is 0.292 e. The number of nitrogens with one attached hydrogen (secondary N) is 1. The van der Waals surface area contributed by atoms with Crippen molar-refractivity contribution < 1.29 is 9.90 Å². The van der Waals surface area contributed by atoms with Gasteiger partial charge in [-0.05, 0) is 24.3 Å². The molecule has 1 aliphatic rings. The Labute approximate surface area is 189 Å². The average Bonchev–Trinajstić information content (AvgIpc) is 3.48. The number of carbonyl (C=O) groups excluding carboxylic acids is 1. The Balaban J connectivity index is 1.52. The molecule has 3 heterocycles. The molecule has 2 N–H and O–H groups in total. The molecule has 0 aliphatic carbocycles. The molecule has 0 spiro atoms. The molecule has 5 rings (SSSR count). The van der Waals surface area contributed by atoms with Crippen molar-refractivity contribution in [2.24, 2.45) is 5.10 Å². The molecule has 0 fully saturated rings. The van der Waals surface area contributed by atoms with Crippen molar-refractivity contribution >= 4 is 23.2 Å². The summed E-state index contributed by atoms with van der Waals surface area (Å²) in [6, 6.07) is 19.2. The van der Waals surface area contributed by atoms with Gasteiger partial charge in [0.25, 0.3) is 5.91 Å². The first-order valence-corrected chi connectivity index (χ1v) is 10.4. The highest BCUT2D eigenvalue weighted by molar-refractivity contribution is 6.33. The van der Waals surface area contributed by atoms with Gasteiger partial charge < -0.3 is 5.11 Å². The number of carbonyl (C=O) groups is 1. The number of hydrazone groups is 1. The van der Waals surface area contributed by atoms with E-state index in [0.717, 1.165) is 11.1 Å². The van der Waals surface area contributed by atoms with Crippen LogP contribution in [0, 0.1) is 0 Å². The molecule has 1 atom stereocenters. The maximum Gasteiger partial charge on any atom is 0.292 e.